The Labute approximate surface area is 135 Å². The molecule has 1 aliphatic heterocycles. The molecular formula is C16H13F3N2OS. The molecule has 3 rings (SSSR count). The van der Waals surface area contributed by atoms with E-state index in [0.29, 0.717) is 5.75 Å². The number of anilines is 1. The molecule has 0 fully saturated rings. The maximum Gasteiger partial charge on any atom is 0.406 e. The molecule has 7 heteroatoms. The van der Waals surface area contributed by atoms with Crippen molar-refractivity contribution in [3.8, 4) is 0 Å². The Morgan fingerprint density at radius 1 is 1.22 bits per heavy atom. The molecule has 1 aliphatic rings. The van der Waals surface area contributed by atoms with Gasteiger partial charge in [0.2, 0.25) is 5.91 Å². The number of fused-ring (bicyclic) bond motifs is 1. The minimum absolute atomic E-state index is 0.0178. The maximum atomic E-state index is 12.9. The van der Waals surface area contributed by atoms with Gasteiger partial charge in [-0.3, -0.25) is 9.69 Å². The number of pyridine rings is 1. The van der Waals surface area contributed by atoms with E-state index in [-0.39, 0.29) is 5.82 Å². The van der Waals surface area contributed by atoms with Gasteiger partial charge in [0.05, 0.1) is 5.92 Å². The van der Waals surface area contributed by atoms with E-state index < -0.39 is 24.5 Å². The van der Waals surface area contributed by atoms with Gasteiger partial charge in [0.25, 0.3) is 0 Å². The Balaban J connectivity index is 1.93. The number of hydrogen-bond donors (Lipinski definition) is 0. The van der Waals surface area contributed by atoms with Crippen LogP contribution >= 0.6 is 11.8 Å². The third kappa shape index (κ3) is 3.50. The van der Waals surface area contributed by atoms with Crippen molar-refractivity contribution in [2.24, 2.45) is 0 Å². The van der Waals surface area contributed by atoms with Gasteiger partial charge in [-0.15, -0.1) is 11.8 Å². The van der Waals surface area contributed by atoms with Crippen LogP contribution < -0.4 is 4.90 Å². The molecular weight excluding hydrogens is 325 g/mol. The predicted octanol–water partition coefficient (Wildman–Crippen LogP) is 3.87. The van der Waals surface area contributed by atoms with E-state index >= 15 is 0 Å². The summed E-state index contributed by atoms with van der Waals surface area (Å²) in [6.07, 6.45) is -3.11. The van der Waals surface area contributed by atoms with E-state index in [0.717, 1.165) is 15.4 Å². The van der Waals surface area contributed by atoms with Crippen LogP contribution in [-0.2, 0) is 4.79 Å². The highest BCUT2D eigenvalue weighted by molar-refractivity contribution is 7.99. The van der Waals surface area contributed by atoms with E-state index in [1.807, 2.05) is 12.1 Å². The number of carbonyl (C=O) groups is 1. The third-order valence-electron chi connectivity index (χ3n) is 3.53. The first-order valence-corrected chi connectivity index (χ1v) is 7.95. The van der Waals surface area contributed by atoms with Gasteiger partial charge in [-0.25, -0.2) is 4.98 Å². The lowest BCUT2D eigenvalue weighted by molar-refractivity contribution is -0.133. The van der Waals surface area contributed by atoms with Gasteiger partial charge in [0, 0.05) is 16.8 Å². The number of carbonyl (C=O) groups excluding carboxylic acids is 1. The molecule has 0 aliphatic carbocycles. The van der Waals surface area contributed by atoms with Crippen LogP contribution in [0.3, 0.4) is 0 Å². The van der Waals surface area contributed by atoms with Gasteiger partial charge in [0.15, 0.2) is 0 Å². The highest BCUT2D eigenvalue weighted by Gasteiger charge is 2.39. The highest BCUT2D eigenvalue weighted by atomic mass is 32.2. The molecule has 0 N–H and O–H groups in total. The Kier molecular flexibility index (Phi) is 4.30. The molecule has 120 valence electrons. The lowest BCUT2D eigenvalue weighted by Crippen LogP contribution is -2.42. The highest BCUT2D eigenvalue weighted by Crippen LogP contribution is 2.41. The van der Waals surface area contributed by atoms with Crippen molar-refractivity contribution in [1.82, 2.24) is 4.98 Å². The molecule has 0 saturated carbocycles. The predicted molar refractivity (Wildman–Crippen MR) is 82.6 cm³/mol. The molecule has 1 aromatic carbocycles. The van der Waals surface area contributed by atoms with Crippen molar-refractivity contribution in [1.29, 1.82) is 0 Å². The van der Waals surface area contributed by atoms with E-state index in [9.17, 15) is 18.0 Å². The summed E-state index contributed by atoms with van der Waals surface area (Å²) in [5.74, 6) is -0.692. The van der Waals surface area contributed by atoms with E-state index in [2.05, 4.69) is 4.98 Å². The zero-order valence-electron chi connectivity index (χ0n) is 12.0. The van der Waals surface area contributed by atoms with Crippen molar-refractivity contribution >= 4 is 23.5 Å². The van der Waals surface area contributed by atoms with Crippen molar-refractivity contribution in [3.05, 3.63) is 54.2 Å². The molecule has 0 bridgehead atoms. The molecule has 2 heterocycles. The Morgan fingerprint density at radius 2 is 1.96 bits per heavy atom. The zero-order chi connectivity index (χ0) is 16.4. The van der Waals surface area contributed by atoms with Crippen molar-refractivity contribution in [3.63, 3.8) is 0 Å². The van der Waals surface area contributed by atoms with Gasteiger partial charge in [0.1, 0.15) is 12.4 Å². The standard InChI is InChI=1S/C16H13F3N2OS/c17-16(18,19)10-21(14-7-3-4-8-20-14)15(22)12-9-23-13-6-2-1-5-11(12)13/h1-8,12H,9-10H2. The number of nitrogens with zero attached hydrogens (tertiary/aromatic N) is 2. The zero-order valence-corrected chi connectivity index (χ0v) is 12.8. The smallest absolute Gasteiger partial charge is 0.287 e. The minimum atomic E-state index is -4.49. The van der Waals surface area contributed by atoms with Crippen LogP contribution in [0.1, 0.15) is 11.5 Å². The molecule has 1 unspecified atom stereocenters. The number of halogens is 3. The van der Waals surface area contributed by atoms with E-state index in [4.69, 9.17) is 0 Å². The number of hydrogen-bond acceptors (Lipinski definition) is 3. The minimum Gasteiger partial charge on any atom is -0.287 e. The van der Waals surface area contributed by atoms with Crippen LogP contribution in [0.5, 0.6) is 0 Å². The van der Waals surface area contributed by atoms with E-state index in [1.54, 1.807) is 24.3 Å². The van der Waals surface area contributed by atoms with Crippen molar-refractivity contribution in [2.45, 2.75) is 17.0 Å². The molecule has 3 nitrogen and oxygen atoms in total. The molecule has 2 aromatic rings. The first-order chi connectivity index (χ1) is 11.0. The summed E-state index contributed by atoms with van der Waals surface area (Å²) in [6, 6.07) is 11.9. The largest absolute Gasteiger partial charge is 0.406 e. The lowest BCUT2D eigenvalue weighted by Gasteiger charge is -2.25. The van der Waals surface area contributed by atoms with Crippen LogP contribution in [-0.4, -0.2) is 29.4 Å². The monoisotopic (exact) mass is 338 g/mol. The molecule has 0 spiro atoms. The summed E-state index contributed by atoms with van der Waals surface area (Å²) in [4.78, 5) is 18.3. The SMILES string of the molecule is O=C(C1CSc2ccccc21)N(CC(F)(F)F)c1ccccn1. The molecule has 1 amide bonds. The second-order valence-corrected chi connectivity index (χ2v) is 6.19. The van der Waals surface area contributed by atoms with Crippen molar-refractivity contribution in [2.75, 3.05) is 17.2 Å². The van der Waals surface area contributed by atoms with Crippen LogP contribution in [0, 0.1) is 0 Å². The fraction of sp³-hybridized carbons (Fsp3) is 0.250. The first-order valence-electron chi connectivity index (χ1n) is 6.96. The summed E-state index contributed by atoms with van der Waals surface area (Å²) in [5.41, 5.74) is 0.783. The maximum absolute atomic E-state index is 12.9. The number of alkyl halides is 3. The number of amides is 1. The average Bonchev–Trinajstić information content (AvgIpc) is 2.96. The summed E-state index contributed by atoms with van der Waals surface area (Å²) in [6.45, 7) is -1.34. The fourth-order valence-corrected chi connectivity index (χ4v) is 3.74. The van der Waals surface area contributed by atoms with Gasteiger partial charge >= 0.3 is 6.18 Å². The number of aromatic nitrogens is 1. The molecule has 0 radical (unpaired) electrons. The normalized spacial score (nSPS) is 16.9. The number of rotatable bonds is 3. The second-order valence-electron chi connectivity index (χ2n) is 5.13. The van der Waals surface area contributed by atoms with Gasteiger partial charge in [-0.2, -0.15) is 13.2 Å². The summed E-state index contributed by atoms with van der Waals surface area (Å²) in [5, 5.41) is 0. The van der Waals surface area contributed by atoms with Crippen LogP contribution in [0.25, 0.3) is 0 Å². The summed E-state index contributed by atoms with van der Waals surface area (Å²) >= 11 is 1.49. The fourth-order valence-electron chi connectivity index (χ4n) is 2.52. The Hall–Kier alpha value is -2.02. The van der Waals surface area contributed by atoms with Gasteiger partial charge < -0.3 is 0 Å². The lowest BCUT2D eigenvalue weighted by atomic mass is 10.00. The first kappa shape index (κ1) is 15.9. The molecule has 0 saturated heterocycles. The summed E-state index contributed by atoms with van der Waals surface area (Å²) < 4.78 is 38.7. The van der Waals surface area contributed by atoms with Gasteiger partial charge in [-0.05, 0) is 23.8 Å². The Morgan fingerprint density at radius 3 is 2.65 bits per heavy atom. The molecule has 1 atom stereocenters. The Bertz CT molecular complexity index is 706. The quantitative estimate of drug-likeness (QED) is 0.852. The van der Waals surface area contributed by atoms with Crippen LogP contribution in [0.2, 0.25) is 0 Å². The van der Waals surface area contributed by atoms with E-state index in [1.165, 1.54) is 24.0 Å². The number of thioether (sulfide) groups is 1. The van der Waals surface area contributed by atoms with Crippen LogP contribution in [0.4, 0.5) is 19.0 Å². The van der Waals surface area contributed by atoms with Gasteiger partial charge in [-0.1, -0.05) is 24.3 Å². The second kappa shape index (κ2) is 6.23. The van der Waals surface area contributed by atoms with Crippen LogP contribution in [0.15, 0.2) is 53.6 Å². The molecule has 23 heavy (non-hydrogen) atoms. The average molecular weight is 338 g/mol. The molecule has 1 aromatic heterocycles. The summed E-state index contributed by atoms with van der Waals surface area (Å²) in [7, 11) is 0. The topological polar surface area (TPSA) is 33.2 Å². The number of benzene rings is 1. The third-order valence-corrected chi connectivity index (χ3v) is 4.71. The van der Waals surface area contributed by atoms with Crippen molar-refractivity contribution < 1.29 is 18.0 Å².